The predicted octanol–water partition coefficient (Wildman–Crippen LogP) is -0.202. The first-order chi connectivity index (χ1) is 6.93. The van der Waals surface area contributed by atoms with Gasteiger partial charge in [0.25, 0.3) is 0 Å². The summed E-state index contributed by atoms with van der Waals surface area (Å²) in [5.74, 6) is 0.290. The molecule has 0 fully saturated rings. The quantitative estimate of drug-likeness (QED) is 0.465. The third-order valence-electron chi connectivity index (χ3n) is 1.86. The number of carbonyl (C=O) groups excluding carboxylic acids is 1. The van der Waals surface area contributed by atoms with Crippen molar-refractivity contribution < 1.29 is 4.79 Å². The van der Waals surface area contributed by atoms with E-state index in [2.05, 4.69) is 10.4 Å². The van der Waals surface area contributed by atoms with Gasteiger partial charge in [0, 0.05) is 21.1 Å². The molecule has 1 heterocycles. The molecule has 1 aromatic heterocycles. The van der Waals surface area contributed by atoms with Crippen molar-refractivity contribution in [3.05, 3.63) is 11.8 Å². The van der Waals surface area contributed by atoms with Gasteiger partial charge in [0.15, 0.2) is 0 Å². The van der Waals surface area contributed by atoms with Gasteiger partial charge in [0.05, 0.1) is 11.8 Å². The van der Waals surface area contributed by atoms with Crippen LogP contribution in [0.4, 0.5) is 10.6 Å². The van der Waals surface area contributed by atoms with E-state index >= 15 is 0 Å². The zero-order valence-electron chi connectivity index (χ0n) is 8.90. The fourth-order valence-corrected chi connectivity index (χ4v) is 0.996. The molecule has 0 saturated carbocycles. The number of nitrogens with two attached hydrogens (primary N) is 1. The summed E-state index contributed by atoms with van der Waals surface area (Å²) in [6.45, 7) is 0. The smallest absolute Gasteiger partial charge is 0.322 e. The van der Waals surface area contributed by atoms with Crippen LogP contribution in [0.3, 0.4) is 0 Å². The number of nitrogens with zero attached hydrogens (tertiary/aromatic N) is 3. The van der Waals surface area contributed by atoms with Crippen molar-refractivity contribution in [1.29, 1.82) is 5.41 Å². The fourth-order valence-electron chi connectivity index (χ4n) is 0.996. The van der Waals surface area contributed by atoms with E-state index in [1.54, 1.807) is 21.1 Å². The first-order valence-corrected chi connectivity index (χ1v) is 4.28. The maximum atomic E-state index is 11.4. The minimum atomic E-state index is -0.291. The van der Waals surface area contributed by atoms with Gasteiger partial charge in [-0.1, -0.05) is 0 Å². The molecule has 0 aliphatic heterocycles. The Kier molecular flexibility index (Phi) is 2.93. The monoisotopic (exact) mass is 210 g/mol. The van der Waals surface area contributed by atoms with Crippen LogP contribution >= 0.6 is 0 Å². The van der Waals surface area contributed by atoms with Gasteiger partial charge < -0.3 is 10.6 Å². The summed E-state index contributed by atoms with van der Waals surface area (Å²) >= 11 is 0. The number of rotatable bonds is 2. The van der Waals surface area contributed by atoms with Crippen molar-refractivity contribution in [3.8, 4) is 0 Å². The number of amidine groups is 1. The Hall–Kier alpha value is -2.05. The summed E-state index contributed by atoms with van der Waals surface area (Å²) in [5, 5.41) is 13.8. The number of hydrogen-bond donors (Lipinski definition) is 3. The molecule has 0 spiro atoms. The molecule has 82 valence electrons. The maximum Gasteiger partial charge on any atom is 0.322 e. The molecular weight excluding hydrogens is 196 g/mol. The van der Waals surface area contributed by atoms with Crippen LogP contribution in [0.2, 0.25) is 0 Å². The number of nitrogen functional groups attached to an aromatic ring is 1. The molecule has 7 heteroatoms. The van der Waals surface area contributed by atoms with Crippen molar-refractivity contribution in [2.45, 2.75) is 0 Å². The second kappa shape index (κ2) is 3.99. The maximum absolute atomic E-state index is 11.4. The number of aryl methyl sites for hydroxylation is 1. The zero-order valence-corrected chi connectivity index (χ0v) is 8.90. The van der Waals surface area contributed by atoms with Gasteiger partial charge in [-0.3, -0.25) is 15.4 Å². The number of anilines is 1. The molecule has 0 bridgehead atoms. The van der Waals surface area contributed by atoms with Crippen LogP contribution < -0.4 is 11.1 Å². The molecule has 2 amide bonds. The standard InChI is InChI=1S/C8H14N6O/c1-13(2)8(15)12-7-5(6(9)10)4-11-14(7)3/h4H,1-3H3,(H3,9,10)(H,12,15). The number of amides is 2. The molecule has 0 atom stereocenters. The second-order valence-corrected chi connectivity index (χ2v) is 3.27. The number of carbonyl (C=O) groups is 1. The molecule has 15 heavy (non-hydrogen) atoms. The van der Waals surface area contributed by atoms with Gasteiger partial charge in [0.1, 0.15) is 11.7 Å². The van der Waals surface area contributed by atoms with E-state index in [1.807, 2.05) is 0 Å². The van der Waals surface area contributed by atoms with Gasteiger partial charge in [0.2, 0.25) is 0 Å². The molecule has 7 nitrogen and oxygen atoms in total. The third-order valence-corrected chi connectivity index (χ3v) is 1.86. The molecule has 0 radical (unpaired) electrons. The van der Waals surface area contributed by atoms with E-state index in [1.165, 1.54) is 15.8 Å². The first kappa shape index (κ1) is 11.0. The Labute approximate surface area is 87.4 Å². The van der Waals surface area contributed by atoms with Crippen LogP contribution in [-0.4, -0.2) is 40.6 Å². The predicted molar refractivity (Wildman–Crippen MR) is 56.9 cm³/mol. The van der Waals surface area contributed by atoms with Gasteiger partial charge >= 0.3 is 6.03 Å². The summed E-state index contributed by atoms with van der Waals surface area (Å²) < 4.78 is 1.46. The van der Waals surface area contributed by atoms with Crippen LogP contribution in [0, 0.1) is 5.41 Å². The molecule has 0 saturated heterocycles. The lowest BCUT2D eigenvalue weighted by Gasteiger charge is -2.13. The Bertz CT molecular complexity index is 394. The molecule has 0 aliphatic carbocycles. The van der Waals surface area contributed by atoms with Gasteiger partial charge in [-0.15, -0.1) is 0 Å². The summed E-state index contributed by atoms with van der Waals surface area (Å²) in [4.78, 5) is 12.8. The summed E-state index contributed by atoms with van der Waals surface area (Å²) in [6, 6.07) is -0.291. The molecular formula is C8H14N6O. The Morgan fingerprint density at radius 3 is 2.73 bits per heavy atom. The molecule has 0 unspecified atom stereocenters. The number of nitrogens with one attached hydrogen (secondary N) is 2. The highest BCUT2D eigenvalue weighted by Gasteiger charge is 2.14. The van der Waals surface area contributed by atoms with Crippen molar-refractivity contribution in [1.82, 2.24) is 14.7 Å². The average molecular weight is 210 g/mol. The number of aromatic nitrogens is 2. The highest BCUT2D eigenvalue weighted by molar-refractivity contribution is 6.02. The van der Waals surface area contributed by atoms with E-state index in [4.69, 9.17) is 11.1 Å². The van der Waals surface area contributed by atoms with Crippen molar-refractivity contribution in [2.24, 2.45) is 12.8 Å². The van der Waals surface area contributed by atoms with Gasteiger partial charge in [-0.2, -0.15) is 5.10 Å². The minimum Gasteiger partial charge on any atom is -0.384 e. The molecule has 1 rings (SSSR count). The lowest BCUT2D eigenvalue weighted by atomic mass is 10.3. The van der Waals surface area contributed by atoms with Crippen molar-refractivity contribution in [2.75, 3.05) is 19.4 Å². The van der Waals surface area contributed by atoms with Crippen molar-refractivity contribution >= 4 is 17.7 Å². The topological polar surface area (TPSA) is 100 Å². The first-order valence-electron chi connectivity index (χ1n) is 4.28. The molecule has 0 aliphatic rings. The Morgan fingerprint density at radius 2 is 2.27 bits per heavy atom. The van der Waals surface area contributed by atoms with E-state index in [9.17, 15) is 4.79 Å². The summed E-state index contributed by atoms with van der Waals surface area (Å²) in [6.07, 6.45) is 1.44. The van der Waals surface area contributed by atoms with Crippen LogP contribution in [0.25, 0.3) is 0 Å². The largest absolute Gasteiger partial charge is 0.384 e. The van der Waals surface area contributed by atoms with Crippen LogP contribution in [0.15, 0.2) is 6.20 Å². The fraction of sp³-hybridized carbons (Fsp3) is 0.375. The van der Waals surface area contributed by atoms with Crippen LogP contribution in [0.1, 0.15) is 5.56 Å². The second-order valence-electron chi connectivity index (χ2n) is 3.27. The lowest BCUT2D eigenvalue weighted by molar-refractivity contribution is 0.230. The van der Waals surface area contributed by atoms with Crippen molar-refractivity contribution in [3.63, 3.8) is 0 Å². The van der Waals surface area contributed by atoms with E-state index in [-0.39, 0.29) is 11.9 Å². The highest BCUT2D eigenvalue weighted by Crippen LogP contribution is 2.13. The Morgan fingerprint density at radius 1 is 1.67 bits per heavy atom. The molecule has 0 aromatic carbocycles. The lowest BCUT2D eigenvalue weighted by Crippen LogP contribution is -2.29. The van der Waals surface area contributed by atoms with E-state index in [0.717, 1.165) is 0 Å². The normalized spacial score (nSPS) is 9.80. The van der Waals surface area contributed by atoms with E-state index < -0.39 is 0 Å². The van der Waals surface area contributed by atoms with Gasteiger partial charge in [-0.25, -0.2) is 4.79 Å². The molecule has 4 N–H and O–H groups in total. The summed E-state index contributed by atoms with van der Waals surface area (Å²) in [5.41, 5.74) is 5.75. The zero-order chi connectivity index (χ0) is 11.6. The van der Waals surface area contributed by atoms with Crippen LogP contribution in [0.5, 0.6) is 0 Å². The molecule has 1 aromatic rings. The van der Waals surface area contributed by atoms with Gasteiger partial charge in [-0.05, 0) is 0 Å². The highest BCUT2D eigenvalue weighted by atomic mass is 16.2. The average Bonchev–Trinajstić information content (AvgIpc) is 2.48. The third kappa shape index (κ3) is 2.25. The number of hydrogen-bond acceptors (Lipinski definition) is 3. The van der Waals surface area contributed by atoms with E-state index in [0.29, 0.717) is 11.4 Å². The SMILES string of the molecule is CN(C)C(=O)Nc1c(C(=N)N)cnn1C. The van der Waals surface area contributed by atoms with Crippen LogP contribution in [-0.2, 0) is 7.05 Å². The summed E-state index contributed by atoms with van der Waals surface area (Å²) in [7, 11) is 4.91. The Balaban J connectivity index is 2.98. The number of urea groups is 1. The minimum absolute atomic E-state index is 0.128.